The van der Waals surface area contributed by atoms with Gasteiger partial charge in [-0.05, 0) is 42.3 Å². The molecule has 1 aliphatic rings. The van der Waals surface area contributed by atoms with Gasteiger partial charge in [-0.15, -0.1) is 0 Å². The molecule has 0 spiro atoms. The number of hydrogen-bond acceptors (Lipinski definition) is 5. The molecule has 2 amide bonds. The Morgan fingerprint density at radius 1 is 1.23 bits per heavy atom. The Balaban J connectivity index is 1.82. The molecular formula is C18H17N3O5. The number of anilines is 2. The van der Waals surface area contributed by atoms with Crippen LogP contribution in [0.15, 0.2) is 36.4 Å². The summed E-state index contributed by atoms with van der Waals surface area (Å²) in [6.45, 7) is 2.13. The SMILES string of the molecule is COc1ccc(C(=O)Nc2ccc3c(c2)CCN3C(C)=O)cc1[N+](=O)[O-]. The van der Waals surface area contributed by atoms with Gasteiger partial charge in [-0.25, -0.2) is 0 Å². The lowest BCUT2D eigenvalue weighted by atomic mass is 10.1. The Bertz CT molecular complexity index is 910. The number of carbonyl (C=O) groups is 2. The molecule has 3 rings (SSSR count). The molecule has 0 radical (unpaired) electrons. The first-order chi connectivity index (χ1) is 12.4. The van der Waals surface area contributed by atoms with Gasteiger partial charge in [0.25, 0.3) is 5.91 Å². The topological polar surface area (TPSA) is 102 Å². The van der Waals surface area contributed by atoms with Crippen LogP contribution < -0.4 is 15.0 Å². The average molecular weight is 355 g/mol. The lowest BCUT2D eigenvalue weighted by Crippen LogP contribution is -2.25. The van der Waals surface area contributed by atoms with Crippen LogP contribution in [0.2, 0.25) is 0 Å². The number of amides is 2. The molecule has 26 heavy (non-hydrogen) atoms. The summed E-state index contributed by atoms with van der Waals surface area (Å²) < 4.78 is 4.93. The minimum atomic E-state index is -0.596. The summed E-state index contributed by atoms with van der Waals surface area (Å²) in [5, 5.41) is 13.8. The van der Waals surface area contributed by atoms with E-state index in [1.807, 2.05) is 6.07 Å². The third kappa shape index (κ3) is 3.21. The minimum absolute atomic E-state index is 0.0222. The number of nitro benzene ring substituents is 1. The number of benzene rings is 2. The number of nitrogens with zero attached hydrogens (tertiary/aromatic N) is 2. The van der Waals surface area contributed by atoms with Crippen molar-refractivity contribution < 1.29 is 19.2 Å². The van der Waals surface area contributed by atoms with Crippen LogP contribution >= 0.6 is 0 Å². The predicted molar refractivity (Wildman–Crippen MR) is 95.8 cm³/mol. The first-order valence-corrected chi connectivity index (χ1v) is 7.95. The number of carbonyl (C=O) groups excluding carboxylic acids is 2. The Labute approximate surface area is 149 Å². The molecule has 1 N–H and O–H groups in total. The van der Waals surface area contributed by atoms with Crippen molar-refractivity contribution in [2.24, 2.45) is 0 Å². The summed E-state index contributed by atoms with van der Waals surface area (Å²) >= 11 is 0. The number of methoxy groups -OCH3 is 1. The highest BCUT2D eigenvalue weighted by Gasteiger charge is 2.23. The Hall–Kier alpha value is -3.42. The van der Waals surface area contributed by atoms with E-state index >= 15 is 0 Å². The first-order valence-electron chi connectivity index (χ1n) is 7.95. The van der Waals surface area contributed by atoms with Gasteiger partial charge in [0.15, 0.2) is 5.75 Å². The van der Waals surface area contributed by atoms with E-state index in [2.05, 4.69) is 5.32 Å². The van der Waals surface area contributed by atoms with Crippen molar-refractivity contribution >= 4 is 28.9 Å². The molecule has 2 aromatic carbocycles. The number of nitrogens with one attached hydrogen (secondary N) is 1. The number of fused-ring (bicyclic) bond motifs is 1. The van der Waals surface area contributed by atoms with E-state index in [0.717, 1.165) is 11.3 Å². The van der Waals surface area contributed by atoms with Gasteiger partial charge >= 0.3 is 5.69 Å². The van der Waals surface area contributed by atoms with Crippen LogP contribution in [-0.2, 0) is 11.2 Å². The Morgan fingerprint density at radius 2 is 2.00 bits per heavy atom. The average Bonchev–Trinajstić information content (AvgIpc) is 3.04. The summed E-state index contributed by atoms with van der Waals surface area (Å²) in [5.41, 5.74) is 2.27. The second-order valence-corrected chi connectivity index (χ2v) is 5.86. The van der Waals surface area contributed by atoms with Crippen LogP contribution in [0.4, 0.5) is 17.1 Å². The van der Waals surface area contributed by atoms with Crippen molar-refractivity contribution in [3.05, 3.63) is 57.6 Å². The van der Waals surface area contributed by atoms with E-state index < -0.39 is 10.8 Å². The summed E-state index contributed by atoms with van der Waals surface area (Å²) in [4.78, 5) is 36.2. The number of nitro groups is 1. The van der Waals surface area contributed by atoms with E-state index in [0.29, 0.717) is 18.7 Å². The van der Waals surface area contributed by atoms with Gasteiger partial charge in [0, 0.05) is 36.5 Å². The zero-order valence-corrected chi connectivity index (χ0v) is 14.3. The van der Waals surface area contributed by atoms with Gasteiger partial charge in [-0.3, -0.25) is 19.7 Å². The second kappa shape index (κ2) is 6.83. The smallest absolute Gasteiger partial charge is 0.311 e. The quantitative estimate of drug-likeness (QED) is 0.671. The van der Waals surface area contributed by atoms with Crippen molar-refractivity contribution in [1.82, 2.24) is 0 Å². The molecule has 0 aromatic heterocycles. The maximum Gasteiger partial charge on any atom is 0.311 e. The van der Waals surface area contributed by atoms with Crippen LogP contribution in [0, 0.1) is 10.1 Å². The van der Waals surface area contributed by atoms with Crippen molar-refractivity contribution in [2.45, 2.75) is 13.3 Å². The fraction of sp³-hybridized carbons (Fsp3) is 0.222. The van der Waals surface area contributed by atoms with Crippen molar-refractivity contribution in [3.63, 3.8) is 0 Å². The fourth-order valence-corrected chi connectivity index (χ4v) is 2.98. The molecular weight excluding hydrogens is 338 g/mol. The highest BCUT2D eigenvalue weighted by molar-refractivity contribution is 6.05. The van der Waals surface area contributed by atoms with Gasteiger partial charge in [-0.2, -0.15) is 0 Å². The van der Waals surface area contributed by atoms with Crippen LogP contribution in [0.1, 0.15) is 22.8 Å². The molecule has 0 aliphatic carbocycles. The molecule has 0 saturated heterocycles. The van der Waals surface area contributed by atoms with Crippen molar-refractivity contribution in [1.29, 1.82) is 0 Å². The summed E-state index contributed by atoms with van der Waals surface area (Å²) in [5.74, 6) is -0.392. The van der Waals surface area contributed by atoms with Gasteiger partial charge < -0.3 is 15.0 Å². The summed E-state index contributed by atoms with van der Waals surface area (Å²) in [6, 6.07) is 9.34. The van der Waals surface area contributed by atoms with Gasteiger partial charge in [0.1, 0.15) is 0 Å². The highest BCUT2D eigenvalue weighted by Crippen LogP contribution is 2.31. The predicted octanol–water partition coefficient (Wildman–Crippen LogP) is 2.76. The fourth-order valence-electron chi connectivity index (χ4n) is 2.98. The molecule has 0 atom stereocenters. The van der Waals surface area contributed by atoms with Gasteiger partial charge in [0.2, 0.25) is 5.91 Å². The molecule has 134 valence electrons. The highest BCUT2D eigenvalue weighted by atomic mass is 16.6. The Kier molecular flexibility index (Phi) is 4.57. The van der Waals surface area contributed by atoms with Gasteiger partial charge in [0.05, 0.1) is 12.0 Å². The van der Waals surface area contributed by atoms with Crippen LogP contribution in [-0.4, -0.2) is 30.4 Å². The van der Waals surface area contributed by atoms with E-state index in [9.17, 15) is 19.7 Å². The van der Waals surface area contributed by atoms with Crippen LogP contribution in [0.25, 0.3) is 0 Å². The molecule has 0 bridgehead atoms. The normalized spacial score (nSPS) is 12.5. The largest absolute Gasteiger partial charge is 0.490 e. The molecule has 2 aromatic rings. The number of rotatable bonds is 4. The van der Waals surface area contributed by atoms with Crippen LogP contribution in [0.5, 0.6) is 5.75 Å². The zero-order valence-electron chi connectivity index (χ0n) is 14.3. The molecule has 8 nitrogen and oxygen atoms in total. The maximum absolute atomic E-state index is 12.4. The monoisotopic (exact) mass is 355 g/mol. The molecule has 8 heteroatoms. The second-order valence-electron chi connectivity index (χ2n) is 5.86. The molecule has 0 saturated carbocycles. The third-order valence-corrected chi connectivity index (χ3v) is 4.25. The van der Waals surface area contributed by atoms with Crippen molar-refractivity contribution in [3.8, 4) is 5.75 Å². The zero-order chi connectivity index (χ0) is 18.8. The Morgan fingerprint density at radius 3 is 2.65 bits per heavy atom. The van der Waals surface area contributed by atoms with Gasteiger partial charge in [-0.1, -0.05) is 0 Å². The van der Waals surface area contributed by atoms with E-state index in [4.69, 9.17) is 4.74 Å². The van der Waals surface area contributed by atoms with E-state index in [-0.39, 0.29) is 22.9 Å². The number of ether oxygens (including phenoxy) is 1. The van der Waals surface area contributed by atoms with Crippen molar-refractivity contribution in [2.75, 3.05) is 23.9 Å². The lowest BCUT2D eigenvalue weighted by molar-refractivity contribution is -0.385. The summed E-state index contributed by atoms with van der Waals surface area (Å²) in [6.07, 6.45) is 0.715. The van der Waals surface area contributed by atoms with E-state index in [1.165, 1.54) is 32.2 Å². The number of hydrogen-bond donors (Lipinski definition) is 1. The standard InChI is InChI=1S/C18H17N3O5/c1-11(22)20-8-7-12-9-14(4-5-15(12)20)19-18(23)13-3-6-17(26-2)16(10-13)21(24)25/h3-6,9-10H,7-8H2,1-2H3,(H,19,23). The van der Waals surface area contributed by atoms with Crippen LogP contribution in [0.3, 0.4) is 0 Å². The summed E-state index contributed by atoms with van der Waals surface area (Å²) in [7, 11) is 1.33. The lowest BCUT2D eigenvalue weighted by Gasteiger charge is -2.15. The maximum atomic E-state index is 12.4. The molecule has 1 heterocycles. The first kappa shape index (κ1) is 17.4. The molecule has 0 fully saturated rings. The molecule has 1 aliphatic heterocycles. The minimum Gasteiger partial charge on any atom is -0.490 e. The third-order valence-electron chi connectivity index (χ3n) is 4.25. The molecule has 0 unspecified atom stereocenters. The van der Waals surface area contributed by atoms with E-state index in [1.54, 1.807) is 17.0 Å².